The number of halogens is 1. The first-order valence-corrected chi connectivity index (χ1v) is 11.8. The lowest BCUT2D eigenvalue weighted by atomic mass is 9.78. The van der Waals surface area contributed by atoms with Gasteiger partial charge in [-0.2, -0.15) is 0 Å². The molecule has 0 N–H and O–H groups in total. The topological polar surface area (TPSA) is 49.9 Å². The standard InChI is InChI=1S/C29H31FN2O3/c1-19(2)20-11-15-23(16-12-20)31(3)29(34)26-24-7-5-6-8-25(24)28(33)32(17-18-35-4)27(26)21-9-13-22(30)14-10-21/h5-16,19,26-27H,17-18H2,1-4H3/t26-,27-/m1/s1. The molecule has 1 heterocycles. The number of carbonyl (C=O) groups excluding carboxylic acids is 2. The normalized spacial score (nSPS) is 17.4. The minimum absolute atomic E-state index is 0.140. The number of fused-ring (bicyclic) bond motifs is 1. The molecule has 0 saturated heterocycles. The summed E-state index contributed by atoms with van der Waals surface area (Å²) in [7, 11) is 3.33. The Hall–Kier alpha value is -3.51. The predicted octanol–water partition coefficient (Wildman–Crippen LogP) is 5.54. The Bertz CT molecular complexity index is 1190. The Labute approximate surface area is 206 Å². The van der Waals surface area contributed by atoms with E-state index in [0.29, 0.717) is 35.8 Å². The van der Waals surface area contributed by atoms with Crippen LogP contribution in [0, 0.1) is 5.82 Å². The first-order chi connectivity index (χ1) is 16.8. The monoisotopic (exact) mass is 474 g/mol. The Kier molecular flexibility index (Phi) is 7.31. The third-order valence-corrected chi connectivity index (χ3v) is 6.73. The third-order valence-electron chi connectivity index (χ3n) is 6.73. The van der Waals surface area contributed by atoms with E-state index in [4.69, 9.17) is 4.74 Å². The van der Waals surface area contributed by atoms with E-state index < -0.39 is 12.0 Å². The number of anilines is 1. The van der Waals surface area contributed by atoms with E-state index in [-0.39, 0.29) is 17.6 Å². The maximum absolute atomic E-state index is 14.1. The average Bonchev–Trinajstić information content (AvgIpc) is 2.88. The lowest BCUT2D eigenvalue weighted by molar-refractivity contribution is -0.121. The van der Waals surface area contributed by atoms with E-state index in [0.717, 1.165) is 5.69 Å². The Morgan fingerprint density at radius 2 is 1.69 bits per heavy atom. The van der Waals surface area contributed by atoms with Crippen molar-refractivity contribution >= 4 is 17.5 Å². The highest BCUT2D eigenvalue weighted by Crippen LogP contribution is 2.44. The van der Waals surface area contributed by atoms with Crippen molar-refractivity contribution in [3.05, 3.63) is 101 Å². The van der Waals surface area contributed by atoms with Crippen molar-refractivity contribution in [2.45, 2.75) is 31.7 Å². The van der Waals surface area contributed by atoms with Gasteiger partial charge in [-0.05, 0) is 52.9 Å². The van der Waals surface area contributed by atoms with E-state index in [2.05, 4.69) is 13.8 Å². The first kappa shape index (κ1) is 24.6. The summed E-state index contributed by atoms with van der Waals surface area (Å²) in [6, 6.07) is 20.6. The zero-order valence-corrected chi connectivity index (χ0v) is 20.6. The maximum Gasteiger partial charge on any atom is 0.254 e. The van der Waals surface area contributed by atoms with Gasteiger partial charge in [-0.3, -0.25) is 9.59 Å². The van der Waals surface area contributed by atoms with Gasteiger partial charge in [0.1, 0.15) is 5.82 Å². The second-order valence-electron chi connectivity index (χ2n) is 9.20. The quantitative estimate of drug-likeness (QED) is 0.452. The lowest BCUT2D eigenvalue weighted by Crippen LogP contribution is -2.48. The van der Waals surface area contributed by atoms with Crippen LogP contribution in [0.3, 0.4) is 0 Å². The van der Waals surface area contributed by atoms with Gasteiger partial charge in [0.15, 0.2) is 0 Å². The highest BCUT2D eigenvalue weighted by atomic mass is 19.1. The molecule has 0 fully saturated rings. The van der Waals surface area contributed by atoms with Gasteiger partial charge in [0.05, 0.1) is 18.6 Å². The molecule has 3 aromatic rings. The number of benzene rings is 3. The summed E-state index contributed by atoms with van der Waals surface area (Å²) in [6.07, 6.45) is 0. The molecular weight excluding hydrogens is 443 g/mol. The zero-order chi connectivity index (χ0) is 25.1. The molecule has 182 valence electrons. The van der Waals surface area contributed by atoms with E-state index >= 15 is 0 Å². The summed E-state index contributed by atoms with van der Waals surface area (Å²) in [5.41, 5.74) is 3.85. The largest absolute Gasteiger partial charge is 0.383 e. The minimum atomic E-state index is -0.666. The fourth-order valence-electron chi connectivity index (χ4n) is 4.74. The average molecular weight is 475 g/mol. The van der Waals surface area contributed by atoms with Gasteiger partial charge in [0.2, 0.25) is 5.91 Å². The summed E-state index contributed by atoms with van der Waals surface area (Å²) < 4.78 is 19.1. The number of carbonyl (C=O) groups is 2. The van der Waals surface area contributed by atoms with Crippen LogP contribution >= 0.6 is 0 Å². The van der Waals surface area contributed by atoms with Crippen LogP contribution in [0.5, 0.6) is 0 Å². The van der Waals surface area contributed by atoms with Gasteiger partial charge in [-0.1, -0.05) is 56.3 Å². The van der Waals surface area contributed by atoms with Gasteiger partial charge >= 0.3 is 0 Å². The van der Waals surface area contributed by atoms with Crippen molar-refractivity contribution in [3.63, 3.8) is 0 Å². The van der Waals surface area contributed by atoms with Gasteiger partial charge in [-0.25, -0.2) is 4.39 Å². The molecule has 0 bridgehead atoms. The van der Waals surface area contributed by atoms with Crippen molar-refractivity contribution in [3.8, 4) is 0 Å². The molecule has 5 nitrogen and oxygen atoms in total. The van der Waals surface area contributed by atoms with Crippen LogP contribution in [-0.2, 0) is 9.53 Å². The molecule has 6 heteroatoms. The number of likely N-dealkylation sites (N-methyl/N-ethyl adjacent to an activating group) is 1. The number of hydrogen-bond acceptors (Lipinski definition) is 3. The number of rotatable bonds is 7. The van der Waals surface area contributed by atoms with Crippen LogP contribution < -0.4 is 4.90 Å². The summed E-state index contributed by atoms with van der Waals surface area (Å²) in [4.78, 5) is 31.0. The van der Waals surface area contributed by atoms with Crippen molar-refractivity contribution in [1.82, 2.24) is 4.90 Å². The predicted molar refractivity (Wildman–Crippen MR) is 135 cm³/mol. The van der Waals surface area contributed by atoms with E-state index in [1.165, 1.54) is 17.7 Å². The van der Waals surface area contributed by atoms with E-state index in [9.17, 15) is 14.0 Å². The zero-order valence-electron chi connectivity index (χ0n) is 20.6. The Morgan fingerprint density at radius 1 is 1.03 bits per heavy atom. The molecule has 4 rings (SSSR count). The fourth-order valence-corrected chi connectivity index (χ4v) is 4.74. The second-order valence-corrected chi connectivity index (χ2v) is 9.20. The summed E-state index contributed by atoms with van der Waals surface area (Å²) in [6.45, 7) is 4.88. The highest BCUT2D eigenvalue weighted by Gasteiger charge is 2.45. The number of methoxy groups -OCH3 is 1. The molecule has 0 saturated carbocycles. The van der Waals surface area contributed by atoms with Gasteiger partial charge in [0, 0.05) is 32.0 Å². The molecule has 0 spiro atoms. The van der Waals surface area contributed by atoms with Gasteiger partial charge < -0.3 is 14.5 Å². The molecule has 0 unspecified atom stereocenters. The van der Waals surface area contributed by atoms with Crippen molar-refractivity contribution in [2.24, 2.45) is 0 Å². The third kappa shape index (κ3) is 4.84. The number of ether oxygens (including phenoxy) is 1. The molecule has 2 amide bonds. The summed E-state index contributed by atoms with van der Waals surface area (Å²) in [5, 5.41) is 0. The van der Waals surface area contributed by atoms with Crippen LogP contribution in [0.4, 0.5) is 10.1 Å². The smallest absolute Gasteiger partial charge is 0.254 e. The van der Waals surface area contributed by atoms with Crippen molar-refractivity contribution < 1.29 is 18.7 Å². The molecule has 35 heavy (non-hydrogen) atoms. The maximum atomic E-state index is 14.1. The Morgan fingerprint density at radius 3 is 2.31 bits per heavy atom. The first-order valence-electron chi connectivity index (χ1n) is 11.8. The van der Waals surface area contributed by atoms with Crippen LogP contribution in [0.1, 0.15) is 58.8 Å². The summed E-state index contributed by atoms with van der Waals surface area (Å²) in [5.74, 6) is -0.955. The molecule has 0 aromatic heterocycles. The van der Waals surface area contributed by atoms with Crippen LogP contribution in [0.2, 0.25) is 0 Å². The number of amides is 2. The van der Waals surface area contributed by atoms with Crippen molar-refractivity contribution in [1.29, 1.82) is 0 Å². The molecular formula is C29H31FN2O3. The summed E-state index contributed by atoms with van der Waals surface area (Å²) >= 11 is 0. The molecule has 0 radical (unpaired) electrons. The molecule has 3 aromatic carbocycles. The van der Waals surface area contributed by atoms with E-state index in [1.54, 1.807) is 48.2 Å². The molecule has 2 atom stereocenters. The van der Waals surface area contributed by atoms with Crippen LogP contribution in [-0.4, -0.2) is 44.0 Å². The lowest BCUT2D eigenvalue weighted by Gasteiger charge is -2.42. The number of hydrogen-bond donors (Lipinski definition) is 0. The van der Waals surface area contributed by atoms with Crippen LogP contribution in [0.15, 0.2) is 72.8 Å². The second kappa shape index (κ2) is 10.4. The molecule has 1 aliphatic heterocycles. The molecule has 0 aliphatic carbocycles. The van der Waals surface area contributed by atoms with Gasteiger partial charge in [-0.15, -0.1) is 0 Å². The number of nitrogens with zero attached hydrogens (tertiary/aromatic N) is 2. The van der Waals surface area contributed by atoms with Gasteiger partial charge in [0.25, 0.3) is 5.91 Å². The van der Waals surface area contributed by atoms with E-state index in [1.807, 2.05) is 36.4 Å². The van der Waals surface area contributed by atoms with Crippen molar-refractivity contribution in [2.75, 3.05) is 32.2 Å². The fraction of sp³-hybridized carbons (Fsp3) is 0.310. The highest BCUT2D eigenvalue weighted by molar-refractivity contribution is 6.05. The minimum Gasteiger partial charge on any atom is -0.383 e. The molecule has 1 aliphatic rings. The SMILES string of the molecule is COCCN1C(=O)c2ccccc2[C@@H](C(=O)N(C)c2ccc(C(C)C)cc2)[C@H]1c1ccc(F)cc1. The van der Waals surface area contributed by atoms with Crippen LogP contribution in [0.25, 0.3) is 0 Å². The Balaban J connectivity index is 1.82.